The summed E-state index contributed by atoms with van der Waals surface area (Å²) in [6, 6.07) is 15.2. The fraction of sp³-hybridized carbons (Fsp3) is 0.278. The number of carbonyl (C=O) groups excluding carboxylic acids is 1. The van der Waals surface area contributed by atoms with Crippen molar-refractivity contribution in [3.63, 3.8) is 0 Å². The summed E-state index contributed by atoms with van der Waals surface area (Å²) in [6.45, 7) is 2.66. The molecule has 1 N–H and O–H groups in total. The summed E-state index contributed by atoms with van der Waals surface area (Å²) in [6.07, 6.45) is 0. The summed E-state index contributed by atoms with van der Waals surface area (Å²) in [4.78, 5) is 12.3. The number of amides is 1. The highest BCUT2D eigenvalue weighted by Gasteiger charge is 2.12. The molecule has 116 valence electrons. The summed E-state index contributed by atoms with van der Waals surface area (Å²) in [7, 11) is 3.13. The minimum absolute atomic E-state index is 0.139. The first kappa shape index (κ1) is 15.9. The molecule has 0 saturated heterocycles. The molecule has 0 unspecified atom stereocenters. The number of methoxy groups -OCH3 is 2. The van der Waals surface area contributed by atoms with Crippen molar-refractivity contribution in [3.8, 4) is 11.5 Å². The van der Waals surface area contributed by atoms with E-state index in [1.54, 1.807) is 32.4 Å². The first-order valence-corrected chi connectivity index (χ1v) is 7.20. The van der Waals surface area contributed by atoms with Crippen molar-refractivity contribution in [2.24, 2.45) is 0 Å². The molecule has 2 rings (SSSR count). The number of benzene rings is 2. The van der Waals surface area contributed by atoms with Gasteiger partial charge in [-0.15, -0.1) is 0 Å². The van der Waals surface area contributed by atoms with Gasteiger partial charge in [-0.1, -0.05) is 37.3 Å². The van der Waals surface area contributed by atoms with Gasteiger partial charge in [0.15, 0.2) is 0 Å². The van der Waals surface area contributed by atoms with Crippen molar-refractivity contribution < 1.29 is 14.3 Å². The van der Waals surface area contributed by atoms with E-state index in [-0.39, 0.29) is 11.8 Å². The van der Waals surface area contributed by atoms with Crippen LogP contribution >= 0.6 is 0 Å². The SMILES string of the molecule is COc1cc(OC)cc(C(=O)NC[C@H](C)c2ccccc2)c1. The molecular formula is C18H21NO3. The highest BCUT2D eigenvalue weighted by atomic mass is 16.5. The number of carbonyl (C=O) groups is 1. The molecule has 1 atom stereocenters. The van der Waals surface area contributed by atoms with Crippen molar-refractivity contribution in [3.05, 3.63) is 59.7 Å². The van der Waals surface area contributed by atoms with Crippen LogP contribution in [-0.4, -0.2) is 26.7 Å². The van der Waals surface area contributed by atoms with Gasteiger partial charge in [0, 0.05) is 18.2 Å². The van der Waals surface area contributed by atoms with E-state index < -0.39 is 0 Å². The topological polar surface area (TPSA) is 47.6 Å². The largest absolute Gasteiger partial charge is 0.497 e. The van der Waals surface area contributed by atoms with Crippen molar-refractivity contribution in [2.45, 2.75) is 12.8 Å². The third-order valence-corrected chi connectivity index (χ3v) is 3.55. The highest BCUT2D eigenvalue weighted by Crippen LogP contribution is 2.22. The van der Waals surface area contributed by atoms with Gasteiger partial charge in [-0.25, -0.2) is 0 Å². The van der Waals surface area contributed by atoms with Gasteiger partial charge in [0.05, 0.1) is 14.2 Å². The first-order valence-electron chi connectivity index (χ1n) is 7.20. The van der Waals surface area contributed by atoms with Crippen LogP contribution in [0, 0.1) is 0 Å². The normalized spacial score (nSPS) is 11.6. The maximum absolute atomic E-state index is 12.3. The maximum Gasteiger partial charge on any atom is 0.251 e. The van der Waals surface area contributed by atoms with Crippen LogP contribution in [-0.2, 0) is 0 Å². The summed E-state index contributed by atoms with van der Waals surface area (Å²) in [5.41, 5.74) is 1.72. The third-order valence-electron chi connectivity index (χ3n) is 3.55. The Morgan fingerprint density at radius 2 is 1.64 bits per heavy atom. The summed E-state index contributed by atoms with van der Waals surface area (Å²) in [5, 5.41) is 2.95. The molecule has 22 heavy (non-hydrogen) atoms. The van der Waals surface area contributed by atoms with Crippen molar-refractivity contribution >= 4 is 5.91 Å². The molecule has 0 aliphatic carbocycles. The predicted molar refractivity (Wildman–Crippen MR) is 86.7 cm³/mol. The Kier molecular flexibility index (Phi) is 5.42. The molecular weight excluding hydrogens is 278 g/mol. The molecule has 0 heterocycles. The fourth-order valence-electron chi connectivity index (χ4n) is 2.19. The van der Waals surface area contributed by atoms with E-state index in [0.717, 1.165) is 0 Å². The molecule has 0 aromatic heterocycles. The molecule has 1 amide bonds. The molecule has 4 nitrogen and oxygen atoms in total. The lowest BCUT2D eigenvalue weighted by Crippen LogP contribution is -2.27. The highest BCUT2D eigenvalue weighted by molar-refractivity contribution is 5.95. The standard InChI is InChI=1S/C18H21NO3/c1-13(14-7-5-4-6-8-14)12-19-18(20)15-9-16(21-2)11-17(10-15)22-3/h4-11,13H,12H2,1-3H3,(H,19,20)/t13-/m0/s1. The van der Waals surface area contributed by atoms with Crippen molar-refractivity contribution in [1.29, 1.82) is 0 Å². The average molecular weight is 299 g/mol. The Hall–Kier alpha value is -2.49. The quantitative estimate of drug-likeness (QED) is 0.891. The van der Waals surface area contributed by atoms with E-state index in [1.165, 1.54) is 5.56 Å². The van der Waals surface area contributed by atoms with E-state index in [2.05, 4.69) is 24.4 Å². The minimum atomic E-state index is -0.139. The van der Waals surface area contributed by atoms with E-state index in [1.807, 2.05) is 18.2 Å². The first-order chi connectivity index (χ1) is 10.6. The number of ether oxygens (including phenoxy) is 2. The van der Waals surface area contributed by atoms with Crippen LogP contribution in [0.3, 0.4) is 0 Å². The molecule has 2 aromatic carbocycles. The van der Waals surface area contributed by atoms with Gasteiger partial charge in [0.25, 0.3) is 5.91 Å². The predicted octanol–water partition coefficient (Wildman–Crippen LogP) is 3.24. The second kappa shape index (κ2) is 7.50. The maximum atomic E-state index is 12.3. The van der Waals surface area contributed by atoms with Gasteiger partial charge < -0.3 is 14.8 Å². The lowest BCUT2D eigenvalue weighted by molar-refractivity contribution is 0.0951. The summed E-state index contributed by atoms with van der Waals surface area (Å²) < 4.78 is 10.4. The fourth-order valence-corrected chi connectivity index (χ4v) is 2.19. The summed E-state index contributed by atoms with van der Waals surface area (Å²) in [5.74, 6) is 1.30. The molecule has 0 aliphatic heterocycles. The van der Waals surface area contributed by atoms with Crippen LogP contribution in [0.25, 0.3) is 0 Å². The zero-order valence-electron chi connectivity index (χ0n) is 13.1. The minimum Gasteiger partial charge on any atom is -0.497 e. The Morgan fingerprint density at radius 3 is 2.18 bits per heavy atom. The van der Waals surface area contributed by atoms with Crippen LogP contribution in [0.1, 0.15) is 28.8 Å². The van der Waals surface area contributed by atoms with E-state index >= 15 is 0 Å². The van der Waals surface area contributed by atoms with Gasteiger partial charge in [-0.05, 0) is 23.6 Å². The molecule has 0 bridgehead atoms. The number of nitrogens with one attached hydrogen (secondary N) is 1. The Labute approximate surface area is 131 Å². The third kappa shape index (κ3) is 4.01. The van der Waals surface area contributed by atoms with Crippen LogP contribution in [0.4, 0.5) is 0 Å². The lowest BCUT2D eigenvalue weighted by Gasteiger charge is -2.14. The zero-order valence-corrected chi connectivity index (χ0v) is 13.1. The van der Waals surface area contributed by atoms with Gasteiger partial charge in [0.1, 0.15) is 11.5 Å². The van der Waals surface area contributed by atoms with Crippen LogP contribution < -0.4 is 14.8 Å². The Morgan fingerprint density at radius 1 is 1.05 bits per heavy atom. The second-order valence-electron chi connectivity index (χ2n) is 5.12. The molecule has 0 fully saturated rings. The molecule has 0 spiro atoms. The Balaban J connectivity index is 2.03. The monoisotopic (exact) mass is 299 g/mol. The van der Waals surface area contributed by atoms with Crippen LogP contribution in [0.15, 0.2) is 48.5 Å². The molecule has 0 radical (unpaired) electrons. The van der Waals surface area contributed by atoms with Gasteiger partial charge in [-0.3, -0.25) is 4.79 Å². The summed E-state index contributed by atoms with van der Waals surface area (Å²) >= 11 is 0. The lowest BCUT2D eigenvalue weighted by atomic mass is 10.0. The van der Waals surface area contributed by atoms with E-state index in [9.17, 15) is 4.79 Å². The Bertz CT molecular complexity index is 603. The number of hydrogen-bond acceptors (Lipinski definition) is 3. The zero-order chi connectivity index (χ0) is 15.9. The molecule has 0 aliphatic rings. The van der Waals surface area contributed by atoms with Crippen molar-refractivity contribution in [1.82, 2.24) is 5.32 Å². The number of hydrogen-bond donors (Lipinski definition) is 1. The van der Waals surface area contributed by atoms with Crippen LogP contribution in [0.2, 0.25) is 0 Å². The van der Waals surface area contributed by atoms with Gasteiger partial charge in [0.2, 0.25) is 0 Å². The smallest absolute Gasteiger partial charge is 0.251 e. The second-order valence-corrected chi connectivity index (χ2v) is 5.12. The van der Waals surface area contributed by atoms with Crippen molar-refractivity contribution in [2.75, 3.05) is 20.8 Å². The van der Waals surface area contributed by atoms with E-state index in [4.69, 9.17) is 9.47 Å². The average Bonchev–Trinajstić information content (AvgIpc) is 2.59. The molecule has 2 aromatic rings. The van der Waals surface area contributed by atoms with Gasteiger partial charge >= 0.3 is 0 Å². The van der Waals surface area contributed by atoms with Crippen LogP contribution in [0.5, 0.6) is 11.5 Å². The van der Waals surface area contributed by atoms with E-state index in [0.29, 0.717) is 23.6 Å². The van der Waals surface area contributed by atoms with Gasteiger partial charge in [-0.2, -0.15) is 0 Å². The molecule has 4 heteroatoms. The number of rotatable bonds is 6. The molecule has 0 saturated carbocycles.